The van der Waals surface area contributed by atoms with Gasteiger partial charge < -0.3 is 24.8 Å². The lowest BCUT2D eigenvalue weighted by atomic mass is 10.1. The average molecular weight is 372 g/mol. The zero-order chi connectivity index (χ0) is 18.7. The van der Waals surface area contributed by atoms with E-state index in [1.54, 1.807) is 7.11 Å². The summed E-state index contributed by atoms with van der Waals surface area (Å²) >= 11 is 0. The van der Waals surface area contributed by atoms with Gasteiger partial charge >= 0.3 is 0 Å². The van der Waals surface area contributed by atoms with Gasteiger partial charge in [-0.2, -0.15) is 0 Å². The maximum Gasteiger partial charge on any atom is 0.191 e. The van der Waals surface area contributed by atoms with E-state index in [4.69, 9.17) is 14.2 Å². The summed E-state index contributed by atoms with van der Waals surface area (Å²) in [4.78, 5) is 4.58. The molecule has 0 spiro atoms. The molecule has 0 aromatic rings. The molecule has 0 amide bonds. The first-order chi connectivity index (χ1) is 12.9. The van der Waals surface area contributed by atoms with Gasteiger partial charge in [-0.1, -0.05) is 25.7 Å². The van der Waals surface area contributed by atoms with E-state index in [1.165, 1.54) is 38.5 Å². The highest BCUT2D eigenvalue weighted by Crippen LogP contribution is 2.19. The fraction of sp³-hybridized carbons (Fsp3) is 0.950. The molecule has 2 N–H and O–H groups in total. The maximum atomic E-state index is 6.04. The predicted octanol–water partition coefficient (Wildman–Crippen LogP) is 3.11. The van der Waals surface area contributed by atoms with E-state index in [2.05, 4.69) is 22.5 Å². The quantitative estimate of drug-likeness (QED) is 0.213. The Morgan fingerprint density at radius 2 is 1.73 bits per heavy atom. The standard InChI is InChI=1S/C20H41N3O3/c1-3-21-20(23-14-10-15-25-18-17-24-2)22-13-8-9-16-26-19-11-6-4-5-7-12-19/h19H,3-18H2,1-2H3,(H2,21,22,23). The van der Waals surface area contributed by atoms with Crippen LogP contribution < -0.4 is 10.6 Å². The fourth-order valence-electron chi connectivity index (χ4n) is 3.04. The molecule has 0 unspecified atom stereocenters. The SMILES string of the molecule is CCNC(=NCCCOCCOC)NCCCCOC1CCCCCC1. The molecular weight excluding hydrogens is 330 g/mol. The first kappa shape index (κ1) is 23.2. The van der Waals surface area contributed by atoms with Gasteiger partial charge in [0.15, 0.2) is 5.96 Å². The molecule has 0 heterocycles. The minimum absolute atomic E-state index is 0.510. The van der Waals surface area contributed by atoms with Crippen LogP contribution in [0.15, 0.2) is 4.99 Å². The lowest BCUT2D eigenvalue weighted by molar-refractivity contribution is 0.0411. The van der Waals surface area contributed by atoms with Crippen molar-refractivity contribution in [3.8, 4) is 0 Å². The molecule has 1 fully saturated rings. The summed E-state index contributed by atoms with van der Waals surface area (Å²) in [5.74, 6) is 0.897. The summed E-state index contributed by atoms with van der Waals surface area (Å²) in [6.45, 7) is 7.59. The van der Waals surface area contributed by atoms with Crippen LogP contribution in [0.1, 0.15) is 64.7 Å². The molecule has 6 heteroatoms. The molecule has 0 aliphatic heterocycles. The number of guanidine groups is 1. The summed E-state index contributed by atoms with van der Waals surface area (Å²) in [7, 11) is 1.69. The van der Waals surface area contributed by atoms with Gasteiger partial charge in [0.05, 0.1) is 19.3 Å². The molecule has 6 nitrogen and oxygen atoms in total. The lowest BCUT2D eigenvalue weighted by Crippen LogP contribution is -2.38. The Hall–Kier alpha value is -0.850. The molecule has 0 saturated heterocycles. The zero-order valence-corrected chi connectivity index (χ0v) is 17.1. The van der Waals surface area contributed by atoms with Crippen molar-refractivity contribution in [2.45, 2.75) is 70.8 Å². The number of ether oxygens (including phenoxy) is 3. The van der Waals surface area contributed by atoms with Gasteiger partial charge in [0, 0.05) is 40.0 Å². The predicted molar refractivity (Wildman–Crippen MR) is 108 cm³/mol. The smallest absolute Gasteiger partial charge is 0.191 e. The molecule has 154 valence electrons. The number of hydrogen-bond donors (Lipinski definition) is 2. The minimum atomic E-state index is 0.510. The third-order valence-corrected chi connectivity index (χ3v) is 4.51. The highest BCUT2D eigenvalue weighted by atomic mass is 16.5. The van der Waals surface area contributed by atoms with Gasteiger partial charge in [0.25, 0.3) is 0 Å². The van der Waals surface area contributed by atoms with Crippen LogP contribution in [-0.4, -0.2) is 65.2 Å². The van der Waals surface area contributed by atoms with E-state index in [1.807, 2.05) is 0 Å². The van der Waals surface area contributed by atoms with Crippen molar-refractivity contribution in [2.24, 2.45) is 4.99 Å². The summed E-state index contributed by atoms with van der Waals surface area (Å²) in [6.07, 6.45) is 11.6. The summed E-state index contributed by atoms with van der Waals surface area (Å²) in [5, 5.41) is 6.69. The highest BCUT2D eigenvalue weighted by molar-refractivity contribution is 5.79. The fourth-order valence-corrected chi connectivity index (χ4v) is 3.04. The van der Waals surface area contributed by atoms with Gasteiger partial charge in [0.1, 0.15) is 0 Å². The first-order valence-electron chi connectivity index (χ1n) is 10.6. The van der Waals surface area contributed by atoms with Crippen molar-refractivity contribution in [3.63, 3.8) is 0 Å². The van der Waals surface area contributed by atoms with Crippen molar-refractivity contribution in [2.75, 3.05) is 53.2 Å². The van der Waals surface area contributed by atoms with Crippen molar-refractivity contribution in [3.05, 3.63) is 0 Å². The second kappa shape index (κ2) is 17.6. The number of hydrogen-bond acceptors (Lipinski definition) is 4. The molecule has 0 aromatic heterocycles. The lowest BCUT2D eigenvalue weighted by Gasteiger charge is -2.15. The number of unbranched alkanes of at least 4 members (excludes halogenated alkanes) is 1. The van der Waals surface area contributed by atoms with Crippen LogP contribution in [0, 0.1) is 0 Å². The third kappa shape index (κ3) is 13.4. The molecular formula is C20H41N3O3. The molecule has 1 saturated carbocycles. The van der Waals surface area contributed by atoms with Crippen molar-refractivity contribution >= 4 is 5.96 Å². The van der Waals surface area contributed by atoms with E-state index < -0.39 is 0 Å². The van der Waals surface area contributed by atoms with Crippen LogP contribution in [0.4, 0.5) is 0 Å². The normalized spacial score (nSPS) is 16.5. The third-order valence-electron chi connectivity index (χ3n) is 4.51. The van der Waals surface area contributed by atoms with E-state index in [-0.39, 0.29) is 0 Å². The Bertz CT molecular complexity index is 332. The topological polar surface area (TPSA) is 64.1 Å². The van der Waals surface area contributed by atoms with Crippen LogP contribution in [0.5, 0.6) is 0 Å². The average Bonchev–Trinajstić information content (AvgIpc) is 2.92. The minimum Gasteiger partial charge on any atom is -0.382 e. The summed E-state index contributed by atoms with van der Waals surface area (Å²) in [5.41, 5.74) is 0. The van der Waals surface area contributed by atoms with Crippen LogP contribution in [0.3, 0.4) is 0 Å². The summed E-state index contributed by atoms with van der Waals surface area (Å²) in [6, 6.07) is 0. The number of aliphatic imine (C=N–C) groups is 1. The highest BCUT2D eigenvalue weighted by Gasteiger charge is 2.11. The Kier molecular flexibility index (Phi) is 15.7. The molecule has 1 rings (SSSR count). The van der Waals surface area contributed by atoms with Crippen LogP contribution in [-0.2, 0) is 14.2 Å². The van der Waals surface area contributed by atoms with Crippen LogP contribution >= 0.6 is 0 Å². The van der Waals surface area contributed by atoms with E-state index >= 15 is 0 Å². The van der Waals surface area contributed by atoms with E-state index in [9.17, 15) is 0 Å². The van der Waals surface area contributed by atoms with Crippen molar-refractivity contribution in [1.29, 1.82) is 0 Å². The molecule has 0 bridgehead atoms. The van der Waals surface area contributed by atoms with Gasteiger partial charge in [0.2, 0.25) is 0 Å². The molecule has 1 aliphatic rings. The van der Waals surface area contributed by atoms with Crippen LogP contribution in [0.2, 0.25) is 0 Å². The largest absolute Gasteiger partial charge is 0.382 e. The Labute approximate surface area is 160 Å². The molecule has 1 aliphatic carbocycles. The van der Waals surface area contributed by atoms with Gasteiger partial charge in [-0.25, -0.2) is 0 Å². The molecule has 26 heavy (non-hydrogen) atoms. The van der Waals surface area contributed by atoms with Crippen molar-refractivity contribution in [1.82, 2.24) is 10.6 Å². The van der Waals surface area contributed by atoms with Crippen molar-refractivity contribution < 1.29 is 14.2 Å². The molecule has 0 atom stereocenters. The Morgan fingerprint density at radius 1 is 0.923 bits per heavy atom. The zero-order valence-electron chi connectivity index (χ0n) is 17.1. The second-order valence-corrected chi connectivity index (χ2v) is 6.84. The first-order valence-corrected chi connectivity index (χ1v) is 10.6. The van der Waals surface area contributed by atoms with E-state index in [0.717, 1.165) is 58.1 Å². The Balaban J connectivity index is 2.02. The monoisotopic (exact) mass is 371 g/mol. The van der Waals surface area contributed by atoms with E-state index in [0.29, 0.717) is 19.3 Å². The number of nitrogens with zero attached hydrogens (tertiary/aromatic N) is 1. The second-order valence-electron chi connectivity index (χ2n) is 6.84. The maximum absolute atomic E-state index is 6.04. The molecule has 0 aromatic carbocycles. The molecule has 0 radical (unpaired) electrons. The number of rotatable bonds is 14. The van der Waals surface area contributed by atoms with Gasteiger partial charge in [-0.15, -0.1) is 0 Å². The number of methoxy groups -OCH3 is 1. The summed E-state index contributed by atoms with van der Waals surface area (Å²) < 4.78 is 16.4. The van der Waals surface area contributed by atoms with Gasteiger partial charge in [-0.3, -0.25) is 4.99 Å². The van der Waals surface area contributed by atoms with Crippen LogP contribution in [0.25, 0.3) is 0 Å². The number of nitrogens with one attached hydrogen (secondary N) is 2. The Morgan fingerprint density at radius 3 is 2.46 bits per heavy atom. The van der Waals surface area contributed by atoms with Gasteiger partial charge in [-0.05, 0) is 39.0 Å².